The maximum atomic E-state index is 11.4. The molecule has 74 valence electrons. The van der Waals surface area contributed by atoms with Crippen LogP contribution in [0.2, 0.25) is 0 Å². The van der Waals surface area contributed by atoms with Crippen LogP contribution in [-0.2, 0) is 0 Å². The van der Waals surface area contributed by atoms with Crippen molar-refractivity contribution in [3.63, 3.8) is 0 Å². The molecule has 0 fully saturated rings. The summed E-state index contributed by atoms with van der Waals surface area (Å²) in [5.74, 6) is -0.298. The highest BCUT2D eigenvalue weighted by Crippen LogP contribution is 2.06. The number of aliphatic hydroxyl groups excluding tert-OH is 1. The average molecular weight is 192 g/mol. The molecule has 0 spiro atoms. The first kappa shape index (κ1) is 10.4. The van der Waals surface area contributed by atoms with Gasteiger partial charge >= 0.3 is 0 Å². The van der Waals surface area contributed by atoms with E-state index >= 15 is 0 Å². The van der Waals surface area contributed by atoms with Crippen LogP contribution in [0, 0.1) is 5.92 Å². The zero-order chi connectivity index (χ0) is 10.6. The molecule has 0 aliphatic carbocycles. The maximum Gasteiger partial charge on any atom is 0.207 e. The third-order valence-corrected chi connectivity index (χ3v) is 1.70. The lowest BCUT2D eigenvalue weighted by Gasteiger charge is -2.01. The van der Waals surface area contributed by atoms with Gasteiger partial charge in [-0.2, -0.15) is 0 Å². The number of hydrogen-bond donors (Lipinski definition) is 1. The van der Waals surface area contributed by atoms with Crippen molar-refractivity contribution in [1.82, 2.24) is 9.97 Å². The van der Waals surface area contributed by atoms with Crippen LogP contribution in [0.5, 0.6) is 0 Å². The molecule has 1 N–H and O–H groups in total. The molecule has 1 rings (SSSR count). The van der Waals surface area contributed by atoms with E-state index in [1.807, 2.05) is 0 Å². The molecule has 0 aromatic carbocycles. The third-order valence-electron chi connectivity index (χ3n) is 1.70. The zero-order valence-corrected chi connectivity index (χ0v) is 8.14. The minimum atomic E-state index is -0.307. The number of rotatable bonds is 3. The van der Waals surface area contributed by atoms with Crippen molar-refractivity contribution in [2.75, 3.05) is 0 Å². The Labute approximate surface area is 82.3 Å². The molecule has 0 saturated carbocycles. The van der Waals surface area contributed by atoms with E-state index in [1.165, 1.54) is 24.7 Å². The van der Waals surface area contributed by atoms with Gasteiger partial charge in [0.05, 0.1) is 5.76 Å². The Morgan fingerprint density at radius 1 is 1.57 bits per heavy atom. The predicted octanol–water partition coefficient (Wildman–Crippen LogP) is 1.76. The van der Waals surface area contributed by atoms with E-state index in [9.17, 15) is 9.90 Å². The van der Waals surface area contributed by atoms with Gasteiger partial charge in [0.1, 0.15) is 12.0 Å². The summed E-state index contributed by atoms with van der Waals surface area (Å²) in [6.45, 7) is 3.61. The summed E-state index contributed by atoms with van der Waals surface area (Å²) in [5.41, 5.74) is 0.284. The fraction of sp³-hybridized carbons (Fsp3) is 0.300. The van der Waals surface area contributed by atoms with E-state index in [-0.39, 0.29) is 23.2 Å². The van der Waals surface area contributed by atoms with Crippen molar-refractivity contribution in [2.45, 2.75) is 13.8 Å². The first-order valence-corrected chi connectivity index (χ1v) is 4.32. The number of carbonyl (C=O) groups is 1. The van der Waals surface area contributed by atoms with E-state index in [0.717, 1.165) is 0 Å². The lowest BCUT2D eigenvalue weighted by molar-refractivity contribution is 0.103. The van der Waals surface area contributed by atoms with E-state index in [1.54, 1.807) is 13.8 Å². The second-order valence-electron chi connectivity index (χ2n) is 3.18. The van der Waals surface area contributed by atoms with Crippen LogP contribution in [0.15, 0.2) is 30.4 Å². The Bertz CT molecular complexity index is 344. The number of ketones is 1. The van der Waals surface area contributed by atoms with Gasteiger partial charge in [0, 0.05) is 18.2 Å². The van der Waals surface area contributed by atoms with Crippen molar-refractivity contribution in [2.24, 2.45) is 5.92 Å². The molecule has 0 aliphatic rings. The monoisotopic (exact) mass is 192 g/mol. The molecule has 1 heterocycles. The highest BCUT2D eigenvalue weighted by molar-refractivity contribution is 6.03. The summed E-state index contributed by atoms with van der Waals surface area (Å²) in [7, 11) is 0. The van der Waals surface area contributed by atoms with Gasteiger partial charge in [-0.25, -0.2) is 9.97 Å². The van der Waals surface area contributed by atoms with Gasteiger partial charge in [0.25, 0.3) is 0 Å². The van der Waals surface area contributed by atoms with Crippen LogP contribution in [0.4, 0.5) is 0 Å². The molecule has 0 saturated heterocycles. The summed E-state index contributed by atoms with van der Waals surface area (Å²) in [4.78, 5) is 18.9. The van der Waals surface area contributed by atoms with Crippen LogP contribution in [-0.4, -0.2) is 20.9 Å². The van der Waals surface area contributed by atoms with E-state index in [4.69, 9.17) is 0 Å². The standard InChI is InChI=1S/C10H12N2O2/c1-7(2)9(13)5-10(14)8-3-4-11-6-12-8/h3-7,13H,1-2H3/b9-5-. The quantitative estimate of drug-likeness (QED) is 0.450. The molecule has 0 amide bonds. The van der Waals surface area contributed by atoms with Gasteiger partial charge < -0.3 is 5.11 Å². The van der Waals surface area contributed by atoms with E-state index in [2.05, 4.69) is 9.97 Å². The Morgan fingerprint density at radius 3 is 2.79 bits per heavy atom. The fourth-order valence-electron chi connectivity index (χ4n) is 0.811. The van der Waals surface area contributed by atoms with Crippen molar-refractivity contribution in [1.29, 1.82) is 0 Å². The highest BCUT2D eigenvalue weighted by Gasteiger charge is 2.07. The number of allylic oxidation sites excluding steroid dienone is 2. The average Bonchev–Trinajstić information content (AvgIpc) is 2.19. The molecule has 1 aromatic rings. The van der Waals surface area contributed by atoms with Crippen LogP contribution >= 0.6 is 0 Å². The molecule has 4 nitrogen and oxygen atoms in total. The van der Waals surface area contributed by atoms with E-state index in [0.29, 0.717) is 0 Å². The molecule has 1 aromatic heterocycles. The summed E-state index contributed by atoms with van der Waals surface area (Å²) < 4.78 is 0. The number of nitrogens with zero attached hydrogens (tertiary/aromatic N) is 2. The predicted molar refractivity (Wildman–Crippen MR) is 51.9 cm³/mol. The summed E-state index contributed by atoms with van der Waals surface area (Å²) in [6.07, 6.45) is 3.97. The van der Waals surface area contributed by atoms with Gasteiger partial charge in [-0.05, 0) is 6.07 Å². The summed E-state index contributed by atoms with van der Waals surface area (Å²) in [5, 5.41) is 9.36. The molecule has 4 heteroatoms. The van der Waals surface area contributed by atoms with Crippen LogP contribution in [0.3, 0.4) is 0 Å². The Hall–Kier alpha value is -1.71. The SMILES string of the molecule is CC(C)/C(O)=C/C(=O)c1ccncn1. The molecule has 0 bridgehead atoms. The smallest absolute Gasteiger partial charge is 0.207 e. The number of hydrogen-bond acceptors (Lipinski definition) is 4. The second-order valence-corrected chi connectivity index (χ2v) is 3.18. The van der Waals surface area contributed by atoms with Gasteiger partial charge in [0.15, 0.2) is 0 Å². The van der Waals surface area contributed by atoms with Crippen molar-refractivity contribution < 1.29 is 9.90 Å². The molecular formula is C10H12N2O2. The lowest BCUT2D eigenvalue weighted by Crippen LogP contribution is -2.02. The molecule has 0 atom stereocenters. The Kier molecular flexibility index (Phi) is 3.34. The minimum Gasteiger partial charge on any atom is -0.512 e. The van der Waals surface area contributed by atoms with Crippen molar-refractivity contribution in [3.8, 4) is 0 Å². The van der Waals surface area contributed by atoms with Crippen molar-refractivity contribution >= 4 is 5.78 Å². The zero-order valence-electron chi connectivity index (χ0n) is 8.14. The molecule has 0 radical (unpaired) electrons. The van der Waals surface area contributed by atoms with Gasteiger partial charge in [-0.1, -0.05) is 13.8 Å². The van der Waals surface area contributed by atoms with Gasteiger partial charge in [-0.3, -0.25) is 4.79 Å². The first-order valence-electron chi connectivity index (χ1n) is 4.32. The minimum absolute atomic E-state index is 0.0548. The largest absolute Gasteiger partial charge is 0.512 e. The third kappa shape index (κ3) is 2.65. The molecular weight excluding hydrogens is 180 g/mol. The highest BCUT2D eigenvalue weighted by atomic mass is 16.3. The van der Waals surface area contributed by atoms with Gasteiger partial charge in [-0.15, -0.1) is 0 Å². The molecule has 0 unspecified atom stereocenters. The normalized spacial score (nSPS) is 11.8. The molecule has 0 aliphatic heterocycles. The van der Waals surface area contributed by atoms with Crippen LogP contribution in [0.1, 0.15) is 24.3 Å². The summed E-state index contributed by atoms with van der Waals surface area (Å²) in [6, 6.07) is 1.51. The van der Waals surface area contributed by atoms with Crippen molar-refractivity contribution in [3.05, 3.63) is 36.1 Å². The summed E-state index contributed by atoms with van der Waals surface area (Å²) >= 11 is 0. The van der Waals surface area contributed by atoms with Crippen LogP contribution in [0.25, 0.3) is 0 Å². The number of aliphatic hydroxyl groups is 1. The number of carbonyl (C=O) groups excluding carboxylic acids is 1. The fourth-order valence-corrected chi connectivity index (χ4v) is 0.811. The van der Waals surface area contributed by atoms with E-state index < -0.39 is 0 Å². The lowest BCUT2D eigenvalue weighted by atomic mass is 10.1. The number of aromatic nitrogens is 2. The Morgan fingerprint density at radius 2 is 2.29 bits per heavy atom. The maximum absolute atomic E-state index is 11.4. The first-order chi connectivity index (χ1) is 6.61. The topological polar surface area (TPSA) is 63.1 Å². The van der Waals surface area contributed by atoms with Crippen LogP contribution < -0.4 is 0 Å². The Balaban J connectivity index is 2.83. The molecule has 14 heavy (non-hydrogen) atoms. The second kappa shape index (κ2) is 4.50. The van der Waals surface area contributed by atoms with Gasteiger partial charge in [0.2, 0.25) is 5.78 Å².